The Bertz CT molecular complexity index is 487. The van der Waals surface area contributed by atoms with Crippen LogP contribution in [0.5, 0.6) is 0 Å². The molecule has 5 nitrogen and oxygen atoms in total. The lowest BCUT2D eigenvalue weighted by atomic mass is 10.1. The summed E-state index contributed by atoms with van der Waals surface area (Å²) in [6, 6.07) is 6.40. The third kappa shape index (κ3) is 3.90. The molecule has 3 rings (SSSR count). The molecule has 0 aromatic heterocycles. The average molecular weight is 319 g/mol. The largest absolute Gasteiger partial charge is 0.399 e. The van der Waals surface area contributed by atoms with Crippen LogP contribution in [-0.2, 0) is 9.47 Å². The van der Waals surface area contributed by atoms with Gasteiger partial charge in [0.05, 0.1) is 24.4 Å². The Hall–Kier alpha value is -1.46. The van der Waals surface area contributed by atoms with Crippen molar-refractivity contribution >= 4 is 17.1 Å². The fourth-order valence-corrected chi connectivity index (χ4v) is 3.76. The smallest absolute Gasteiger partial charge is 0.0726 e. The molecule has 23 heavy (non-hydrogen) atoms. The number of hydrogen-bond donors (Lipinski definition) is 1. The first-order valence-electron chi connectivity index (χ1n) is 8.62. The van der Waals surface area contributed by atoms with E-state index in [0.717, 1.165) is 31.9 Å². The molecule has 2 saturated heterocycles. The third-order valence-corrected chi connectivity index (χ3v) is 4.49. The molecule has 4 atom stereocenters. The summed E-state index contributed by atoms with van der Waals surface area (Å²) in [4.78, 5) is 4.76. The van der Waals surface area contributed by atoms with Crippen molar-refractivity contribution in [3.8, 4) is 0 Å². The first-order chi connectivity index (χ1) is 10.9. The molecule has 4 unspecified atom stereocenters. The number of benzene rings is 1. The van der Waals surface area contributed by atoms with Crippen molar-refractivity contribution in [2.75, 3.05) is 41.7 Å². The monoisotopic (exact) mass is 319 g/mol. The molecular weight excluding hydrogens is 290 g/mol. The van der Waals surface area contributed by atoms with Crippen LogP contribution in [0.1, 0.15) is 27.7 Å². The van der Waals surface area contributed by atoms with Gasteiger partial charge in [0.15, 0.2) is 0 Å². The minimum absolute atomic E-state index is 0.243. The maximum Gasteiger partial charge on any atom is 0.0726 e. The van der Waals surface area contributed by atoms with Crippen molar-refractivity contribution in [3.63, 3.8) is 0 Å². The molecule has 0 spiro atoms. The highest BCUT2D eigenvalue weighted by atomic mass is 16.5. The van der Waals surface area contributed by atoms with Crippen molar-refractivity contribution < 1.29 is 9.47 Å². The molecule has 5 heteroatoms. The molecule has 0 amide bonds. The molecule has 2 aliphatic rings. The van der Waals surface area contributed by atoms with Crippen LogP contribution >= 0.6 is 0 Å². The zero-order valence-corrected chi connectivity index (χ0v) is 14.7. The average Bonchev–Trinajstić information content (AvgIpc) is 2.44. The minimum Gasteiger partial charge on any atom is -0.399 e. The normalized spacial score (nSPS) is 32.2. The molecule has 128 valence electrons. The van der Waals surface area contributed by atoms with Gasteiger partial charge in [-0.15, -0.1) is 0 Å². The topological polar surface area (TPSA) is 51.0 Å². The third-order valence-electron chi connectivity index (χ3n) is 4.49. The Morgan fingerprint density at radius 3 is 1.43 bits per heavy atom. The summed E-state index contributed by atoms with van der Waals surface area (Å²) in [6.45, 7) is 12.1. The van der Waals surface area contributed by atoms with E-state index in [2.05, 4.69) is 55.7 Å². The van der Waals surface area contributed by atoms with Crippen LogP contribution in [0.25, 0.3) is 0 Å². The van der Waals surface area contributed by atoms with Gasteiger partial charge >= 0.3 is 0 Å². The Kier molecular flexibility index (Phi) is 4.69. The summed E-state index contributed by atoms with van der Waals surface area (Å²) in [7, 11) is 0. The molecule has 2 heterocycles. The van der Waals surface area contributed by atoms with Gasteiger partial charge in [-0.25, -0.2) is 0 Å². The molecule has 1 aromatic carbocycles. The van der Waals surface area contributed by atoms with Gasteiger partial charge in [-0.3, -0.25) is 0 Å². The summed E-state index contributed by atoms with van der Waals surface area (Å²) in [5.41, 5.74) is 9.39. The molecule has 0 aliphatic carbocycles. The van der Waals surface area contributed by atoms with E-state index in [-0.39, 0.29) is 24.4 Å². The molecule has 0 bridgehead atoms. The zero-order valence-electron chi connectivity index (χ0n) is 14.7. The van der Waals surface area contributed by atoms with E-state index in [1.54, 1.807) is 0 Å². The number of nitrogens with zero attached hydrogens (tertiary/aromatic N) is 2. The van der Waals surface area contributed by atoms with E-state index in [4.69, 9.17) is 15.2 Å². The molecule has 0 radical (unpaired) electrons. The van der Waals surface area contributed by atoms with E-state index in [9.17, 15) is 0 Å². The van der Waals surface area contributed by atoms with Gasteiger partial charge in [0, 0.05) is 43.2 Å². The lowest BCUT2D eigenvalue weighted by molar-refractivity contribution is -0.00533. The highest BCUT2D eigenvalue weighted by molar-refractivity contribution is 5.68. The minimum atomic E-state index is 0.243. The molecule has 0 saturated carbocycles. The highest BCUT2D eigenvalue weighted by Crippen LogP contribution is 2.30. The standard InChI is InChI=1S/C18H29N3O2/c1-12-8-20(9-13(2)22-12)17-5-16(19)6-18(7-17)21-10-14(3)23-15(4)11-21/h5-7,12-15H,8-11,19H2,1-4H3. The number of nitrogen functional groups attached to an aromatic ring is 1. The second kappa shape index (κ2) is 6.57. The van der Waals surface area contributed by atoms with Crippen LogP contribution < -0.4 is 15.5 Å². The molecule has 2 aliphatic heterocycles. The number of rotatable bonds is 2. The predicted octanol–water partition coefficient (Wildman–Crippen LogP) is 2.50. The Morgan fingerprint density at radius 1 is 0.739 bits per heavy atom. The molecular formula is C18H29N3O2. The van der Waals surface area contributed by atoms with E-state index in [1.165, 1.54) is 11.4 Å². The van der Waals surface area contributed by atoms with Crippen LogP contribution in [0.15, 0.2) is 18.2 Å². The van der Waals surface area contributed by atoms with Crippen LogP contribution in [-0.4, -0.2) is 50.6 Å². The summed E-state index contributed by atoms with van der Waals surface area (Å²) >= 11 is 0. The highest BCUT2D eigenvalue weighted by Gasteiger charge is 2.25. The first-order valence-corrected chi connectivity index (χ1v) is 8.62. The zero-order chi connectivity index (χ0) is 16.6. The fourth-order valence-electron chi connectivity index (χ4n) is 3.76. The second-order valence-corrected chi connectivity index (χ2v) is 7.11. The lowest BCUT2D eigenvalue weighted by Crippen LogP contribution is -2.46. The van der Waals surface area contributed by atoms with E-state index in [1.807, 2.05) is 0 Å². The van der Waals surface area contributed by atoms with Gasteiger partial charge in [-0.2, -0.15) is 0 Å². The van der Waals surface area contributed by atoms with Crippen LogP contribution in [0.2, 0.25) is 0 Å². The quantitative estimate of drug-likeness (QED) is 0.849. The number of ether oxygens (including phenoxy) is 2. The van der Waals surface area contributed by atoms with Crippen molar-refractivity contribution in [2.24, 2.45) is 0 Å². The predicted molar refractivity (Wildman–Crippen MR) is 95.3 cm³/mol. The number of hydrogen-bond acceptors (Lipinski definition) is 5. The maximum absolute atomic E-state index is 6.20. The fraction of sp³-hybridized carbons (Fsp3) is 0.667. The summed E-state index contributed by atoms with van der Waals surface area (Å²) in [5.74, 6) is 0. The number of nitrogens with two attached hydrogens (primary N) is 1. The SMILES string of the molecule is CC1CN(c2cc(N)cc(N3CC(C)OC(C)C3)c2)CC(C)O1. The van der Waals surface area contributed by atoms with Crippen LogP contribution in [0.4, 0.5) is 17.1 Å². The second-order valence-electron chi connectivity index (χ2n) is 7.11. The van der Waals surface area contributed by atoms with Crippen molar-refractivity contribution in [3.05, 3.63) is 18.2 Å². The Morgan fingerprint density at radius 2 is 1.09 bits per heavy atom. The Balaban J connectivity index is 1.84. The molecule has 2 N–H and O–H groups in total. The Labute approximate surface area is 139 Å². The van der Waals surface area contributed by atoms with E-state index < -0.39 is 0 Å². The van der Waals surface area contributed by atoms with Gasteiger partial charge in [-0.1, -0.05) is 0 Å². The lowest BCUT2D eigenvalue weighted by Gasteiger charge is -2.39. The molecule has 1 aromatic rings. The molecule has 2 fully saturated rings. The van der Waals surface area contributed by atoms with Crippen molar-refractivity contribution in [2.45, 2.75) is 52.1 Å². The van der Waals surface area contributed by atoms with Crippen molar-refractivity contribution in [1.29, 1.82) is 0 Å². The maximum atomic E-state index is 6.20. The van der Waals surface area contributed by atoms with Gasteiger partial charge in [-0.05, 0) is 45.9 Å². The summed E-state index contributed by atoms with van der Waals surface area (Å²) in [6.07, 6.45) is 0.971. The summed E-state index contributed by atoms with van der Waals surface area (Å²) < 4.78 is 11.7. The number of morpholine rings is 2. The first kappa shape index (κ1) is 16.4. The van der Waals surface area contributed by atoms with Crippen LogP contribution in [0.3, 0.4) is 0 Å². The van der Waals surface area contributed by atoms with Gasteiger partial charge in [0.25, 0.3) is 0 Å². The van der Waals surface area contributed by atoms with Crippen molar-refractivity contribution in [1.82, 2.24) is 0 Å². The van der Waals surface area contributed by atoms with Gasteiger partial charge < -0.3 is 25.0 Å². The van der Waals surface area contributed by atoms with Gasteiger partial charge in [0.2, 0.25) is 0 Å². The van der Waals surface area contributed by atoms with Gasteiger partial charge in [0.1, 0.15) is 0 Å². The van der Waals surface area contributed by atoms with Crippen LogP contribution in [0, 0.1) is 0 Å². The summed E-state index contributed by atoms with van der Waals surface area (Å²) in [5, 5.41) is 0. The van der Waals surface area contributed by atoms with E-state index in [0.29, 0.717) is 0 Å². The van der Waals surface area contributed by atoms with E-state index >= 15 is 0 Å². The number of anilines is 3.